The van der Waals surface area contributed by atoms with E-state index in [1.54, 1.807) is 47.4 Å². The maximum absolute atomic E-state index is 13.8. The number of nitrogens with one attached hydrogen (secondary N) is 3. The van der Waals surface area contributed by atoms with Crippen molar-refractivity contribution in [2.45, 2.75) is 70.7 Å². The molecule has 1 saturated carbocycles. The molecule has 48 heavy (non-hydrogen) atoms. The van der Waals surface area contributed by atoms with Crippen LogP contribution in [0, 0.1) is 5.92 Å². The summed E-state index contributed by atoms with van der Waals surface area (Å²) < 4.78 is 6.54. The highest BCUT2D eigenvalue weighted by atomic mass is 16.5. The van der Waals surface area contributed by atoms with Crippen LogP contribution in [0.25, 0.3) is 0 Å². The summed E-state index contributed by atoms with van der Waals surface area (Å²) in [6, 6.07) is 19.2. The molecule has 11 nitrogen and oxygen atoms in total. The third-order valence-electron chi connectivity index (χ3n) is 9.23. The Bertz CT molecular complexity index is 1570. The van der Waals surface area contributed by atoms with E-state index in [4.69, 9.17) is 10.5 Å². The number of nitrogens with two attached hydrogens (primary N) is 1. The number of ether oxygens (including phenoxy) is 1. The van der Waals surface area contributed by atoms with Crippen LogP contribution in [0.2, 0.25) is 0 Å². The topological polar surface area (TPSA) is 149 Å². The van der Waals surface area contributed by atoms with E-state index >= 15 is 0 Å². The van der Waals surface area contributed by atoms with Gasteiger partial charge < -0.3 is 36.4 Å². The molecule has 0 spiro atoms. The van der Waals surface area contributed by atoms with Crippen LogP contribution in [0.15, 0.2) is 66.7 Å². The average Bonchev–Trinajstić information content (AvgIpc) is 3.08. The zero-order chi connectivity index (χ0) is 34.2. The van der Waals surface area contributed by atoms with Crippen LogP contribution >= 0.6 is 0 Å². The van der Waals surface area contributed by atoms with Gasteiger partial charge >= 0.3 is 6.03 Å². The lowest BCUT2D eigenvalue weighted by atomic mass is 9.96. The van der Waals surface area contributed by atoms with Crippen molar-refractivity contribution in [3.63, 3.8) is 0 Å². The van der Waals surface area contributed by atoms with Crippen molar-refractivity contribution in [1.82, 2.24) is 15.1 Å². The predicted molar refractivity (Wildman–Crippen MR) is 188 cm³/mol. The molecular formula is C37H48N6O5. The van der Waals surface area contributed by atoms with Gasteiger partial charge in [-0.1, -0.05) is 50.5 Å². The number of urea groups is 1. The Hall–Kier alpha value is -4.61. The first-order chi connectivity index (χ1) is 23.1. The van der Waals surface area contributed by atoms with Gasteiger partial charge in [0.2, 0.25) is 0 Å². The molecule has 5 rings (SSSR count). The van der Waals surface area contributed by atoms with Crippen LogP contribution in [0.1, 0.15) is 72.2 Å². The van der Waals surface area contributed by atoms with Crippen LogP contribution in [0.5, 0.6) is 5.75 Å². The minimum Gasteiger partial charge on any atom is -0.488 e. The van der Waals surface area contributed by atoms with E-state index < -0.39 is 6.04 Å². The van der Waals surface area contributed by atoms with Gasteiger partial charge in [-0.2, -0.15) is 0 Å². The van der Waals surface area contributed by atoms with Gasteiger partial charge in [0.25, 0.3) is 11.8 Å². The minimum absolute atomic E-state index is 0.0471. The number of hydrogen-bond donors (Lipinski definition) is 5. The number of benzene rings is 3. The fourth-order valence-electron chi connectivity index (χ4n) is 6.37. The largest absolute Gasteiger partial charge is 0.488 e. The summed E-state index contributed by atoms with van der Waals surface area (Å²) >= 11 is 0. The number of nitrogen functional groups attached to an aromatic ring is 1. The van der Waals surface area contributed by atoms with E-state index in [0.717, 1.165) is 31.2 Å². The molecule has 3 atom stereocenters. The molecule has 256 valence electrons. The number of fused-ring (bicyclic) bond motifs is 1. The lowest BCUT2D eigenvalue weighted by Crippen LogP contribution is -2.49. The number of nitrogens with zero attached hydrogens (tertiary/aromatic N) is 2. The molecule has 2 aliphatic rings. The number of carbonyl (C=O) groups is 3. The van der Waals surface area contributed by atoms with Crippen molar-refractivity contribution in [3.05, 3.63) is 83.4 Å². The van der Waals surface area contributed by atoms with Gasteiger partial charge in [0.05, 0.1) is 29.6 Å². The predicted octanol–water partition coefficient (Wildman–Crippen LogP) is 5.33. The van der Waals surface area contributed by atoms with Crippen LogP contribution < -0.4 is 26.4 Å². The summed E-state index contributed by atoms with van der Waals surface area (Å²) in [6.45, 7) is 5.28. The van der Waals surface area contributed by atoms with Crippen molar-refractivity contribution in [2.24, 2.45) is 5.92 Å². The van der Waals surface area contributed by atoms with E-state index in [2.05, 4.69) is 20.9 Å². The number of aliphatic hydroxyl groups is 1. The van der Waals surface area contributed by atoms with Crippen LogP contribution in [-0.4, -0.2) is 77.7 Å². The zero-order valence-corrected chi connectivity index (χ0v) is 28.1. The quantitative estimate of drug-likeness (QED) is 0.185. The molecule has 1 aliphatic heterocycles. The summed E-state index contributed by atoms with van der Waals surface area (Å²) in [5.41, 5.74) is 9.45. The summed E-state index contributed by atoms with van der Waals surface area (Å²) in [6.07, 6.45) is 5.09. The van der Waals surface area contributed by atoms with Gasteiger partial charge in [-0.25, -0.2) is 4.79 Å². The fourth-order valence-corrected chi connectivity index (χ4v) is 6.37. The smallest absolute Gasteiger partial charge is 0.319 e. The van der Waals surface area contributed by atoms with Crippen molar-refractivity contribution in [3.8, 4) is 5.75 Å². The second-order valence-corrected chi connectivity index (χ2v) is 13.2. The number of aliphatic hydroxyl groups excluding tert-OH is 1. The molecule has 0 saturated heterocycles. The lowest BCUT2D eigenvalue weighted by molar-refractivity contribution is 0.0341. The van der Waals surface area contributed by atoms with Gasteiger partial charge in [0.15, 0.2) is 0 Å². The maximum Gasteiger partial charge on any atom is 0.319 e. The first kappa shape index (κ1) is 34.7. The first-order valence-electron chi connectivity index (χ1n) is 16.8. The number of anilines is 3. The molecule has 0 radical (unpaired) electrons. The molecular weight excluding hydrogens is 608 g/mol. The molecule has 6 N–H and O–H groups in total. The van der Waals surface area contributed by atoms with E-state index in [9.17, 15) is 19.5 Å². The van der Waals surface area contributed by atoms with Crippen molar-refractivity contribution >= 4 is 34.9 Å². The van der Waals surface area contributed by atoms with E-state index in [1.165, 1.54) is 6.42 Å². The van der Waals surface area contributed by atoms with Crippen molar-refractivity contribution < 1.29 is 24.2 Å². The van der Waals surface area contributed by atoms with Crippen LogP contribution in [-0.2, 0) is 6.54 Å². The highest BCUT2D eigenvalue weighted by molar-refractivity contribution is 6.05. The molecule has 1 aliphatic carbocycles. The molecule has 0 unspecified atom stereocenters. The Morgan fingerprint density at radius 3 is 2.48 bits per heavy atom. The standard InChI is InChI=1S/C37H48N6O5/c1-24-20-43(25(2)23-44)36(46)30-19-29(40-37(47)39-28-9-5-4-6-10-28)17-18-33(30)48-34(24)22-42(3)21-26-13-15-27(16-14-26)35(45)41-32-12-8-7-11-31(32)38/h7-8,11-19,24-25,28,34,44H,4-6,9-10,20-23,38H2,1-3H3,(H,41,45)(H2,39,40,47)/t24-,25-,34-/m1/s1. The Morgan fingerprint density at radius 1 is 1.04 bits per heavy atom. The monoisotopic (exact) mass is 656 g/mol. The Labute approximate surface area is 282 Å². The third-order valence-corrected chi connectivity index (χ3v) is 9.23. The van der Waals surface area contributed by atoms with Gasteiger partial charge in [0, 0.05) is 42.8 Å². The zero-order valence-electron chi connectivity index (χ0n) is 28.1. The highest BCUT2D eigenvalue weighted by Gasteiger charge is 2.33. The number of hydrogen-bond acceptors (Lipinski definition) is 7. The summed E-state index contributed by atoms with van der Waals surface area (Å²) in [5, 5.41) is 18.8. The molecule has 3 aromatic carbocycles. The summed E-state index contributed by atoms with van der Waals surface area (Å²) in [7, 11) is 2.01. The Kier molecular flexibility index (Phi) is 11.6. The van der Waals surface area contributed by atoms with E-state index in [-0.39, 0.29) is 42.5 Å². The van der Waals surface area contributed by atoms with Crippen LogP contribution in [0.4, 0.5) is 21.9 Å². The number of para-hydroxylation sites is 2. The molecule has 4 amide bonds. The number of rotatable bonds is 10. The normalized spacial score (nSPS) is 19.0. The van der Waals surface area contributed by atoms with Crippen molar-refractivity contribution in [1.29, 1.82) is 0 Å². The molecule has 11 heteroatoms. The number of carbonyl (C=O) groups excluding carboxylic acids is 3. The first-order valence-corrected chi connectivity index (χ1v) is 16.8. The second kappa shape index (κ2) is 16.0. The van der Waals surface area contributed by atoms with E-state index in [0.29, 0.717) is 53.6 Å². The molecule has 1 heterocycles. The third kappa shape index (κ3) is 8.84. The SMILES string of the molecule is C[C@@H]1CN([C@H](C)CO)C(=O)c2cc(NC(=O)NC3CCCCC3)ccc2O[C@@H]1CN(C)Cc1ccc(C(=O)Nc2ccccc2N)cc1. The van der Waals surface area contributed by atoms with E-state index in [1.807, 2.05) is 45.2 Å². The van der Waals surface area contributed by atoms with Gasteiger partial charge in [-0.05, 0) is 74.8 Å². The lowest BCUT2D eigenvalue weighted by Gasteiger charge is -2.38. The fraction of sp³-hybridized carbons (Fsp3) is 0.432. The summed E-state index contributed by atoms with van der Waals surface area (Å²) in [4.78, 5) is 43.2. The van der Waals surface area contributed by atoms with Gasteiger partial charge in [0.1, 0.15) is 11.9 Å². The van der Waals surface area contributed by atoms with Crippen LogP contribution in [0.3, 0.4) is 0 Å². The molecule has 0 bridgehead atoms. The maximum atomic E-state index is 13.8. The highest BCUT2D eigenvalue weighted by Crippen LogP contribution is 2.31. The average molecular weight is 657 g/mol. The summed E-state index contributed by atoms with van der Waals surface area (Å²) in [5.74, 6) is -0.0925. The molecule has 0 aromatic heterocycles. The van der Waals surface area contributed by atoms with Crippen molar-refractivity contribution in [2.75, 3.05) is 43.1 Å². The van der Waals surface area contributed by atoms with Gasteiger partial charge in [-0.3, -0.25) is 14.5 Å². The molecule has 1 fully saturated rings. The second-order valence-electron chi connectivity index (χ2n) is 13.2. The Morgan fingerprint density at radius 2 is 1.77 bits per heavy atom. The Balaban J connectivity index is 1.26. The number of likely N-dealkylation sites (N-methyl/N-ethyl adjacent to an activating group) is 1. The molecule has 3 aromatic rings. The van der Waals surface area contributed by atoms with Gasteiger partial charge in [-0.15, -0.1) is 0 Å². The minimum atomic E-state index is -0.399. The number of amides is 4.